The minimum atomic E-state index is 1.14. The summed E-state index contributed by atoms with van der Waals surface area (Å²) in [6.07, 6.45) is 37.8. The lowest BCUT2D eigenvalue weighted by atomic mass is 10.1. The van der Waals surface area contributed by atoms with Gasteiger partial charge in [-0.1, -0.05) is 157 Å². The van der Waals surface area contributed by atoms with Crippen LogP contribution in [0.5, 0.6) is 0 Å². The van der Waals surface area contributed by atoms with Crippen LogP contribution in [0, 0.1) is 13.8 Å². The summed E-state index contributed by atoms with van der Waals surface area (Å²) in [7, 11) is 0. The van der Waals surface area contributed by atoms with Gasteiger partial charge < -0.3 is 0 Å². The molecule has 98 heavy (non-hydrogen) atoms. The normalized spacial score (nSPS) is 11.9. The van der Waals surface area contributed by atoms with E-state index in [1.165, 1.54) is 300 Å². The predicted octanol–water partition coefficient (Wildman–Crippen LogP) is 34.1. The molecule has 12 rings (SSSR count). The molecule has 0 bridgehead atoms. The van der Waals surface area contributed by atoms with Gasteiger partial charge in [0.1, 0.15) is 0 Å². The first-order valence-corrected chi connectivity index (χ1v) is 47.2. The minimum absolute atomic E-state index is 1.14. The molecule has 0 aliphatic rings. The number of rotatable bonds is 41. The van der Waals surface area contributed by atoms with Crippen LogP contribution < -0.4 is 0 Å². The Morgan fingerprint density at radius 2 is 0.388 bits per heavy atom. The Labute approximate surface area is 637 Å². The van der Waals surface area contributed by atoms with Crippen molar-refractivity contribution < 1.29 is 0 Å². The van der Waals surface area contributed by atoms with Crippen molar-refractivity contribution in [1.82, 2.24) is 0 Å². The molecule has 0 radical (unpaired) electrons. The maximum Gasteiger partial charge on any atom is 0.0481 e. The summed E-state index contributed by atoms with van der Waals surface area (Å²) in [5, 5.41) is 0. The summed E-state index contributed by atoms with van der Waals surface area (Å²) < 4.78 is 0. The topological polar surface area (TPSA) is 0 Å². The summed E-state index contributed by atoms with van der Waals surface area (Å²) in [5.41, 5.74) is 9.26. The van der Waals surface area contributed by atoms with Crippen LogP contribution >= 0.6 is 136 Å². The van der Waals surface area contributed by atoms with Gasteiger partial charge >= 0.3 is 0 Å². The van der Waals surface area contributed by atoms with Crippen molar-refractivity contribution in [3.63, 3.8) is 0 Å². The first kappa shape index (κ1) is 74.1. The van der Waals surface area contributed by atoms with Gasteiger partial charge in [0.05, 0.1) is 0 Å². The second-order valence-electron chi connectivity index (χ2n) is 27.1. The molecule has 0 amide bonds. The molecule has 0 aliphatic heterocycles. The summed E-state index contributed by atoms with van der Waals surface area (Å²) in [5.74, 6) is 0. The Balaban J connectivity index is 0.813. The van der Waals surface area contributed by atoms with E-state index >= 15 is 0 Å². The molecule has 0 saturated heterocycles. The molecule has 12 aromatic heterocycles. The van der Waals surface area contributed by atoms with Gasteiger partial charge in [-0.25, -0.2) is 0 Å². The van der Waals surface area contributed by atoms with E-state index in [1.807, 2.05) is 113 Å². The summed E-state index contributed by atoms with van der Waals surface area (Å²) >= 11 is 24.3. The van der Waals surface area contributed by atoms with Crippen LogP contribution in [-0.2, 0) is 38.5 Å². The van der Waals surface area contributed by atoms with E-state index in [1.54, 1.807) is 11.1 Å². The Morgan fingerprint density at radius 3 is 0.622 bits per heavy atom. The van der Waals surface area contributed by atoms with Crippen LogP contribution in [0.1, 0.15) is 239 Å². The highest BCUT2D eigenvalue weighted by Crippen LogP contribution is 2.54. The van der Waals surface area contributed by atoms with Crippen LogP contribution in [-0.4, -0.2) is 0 Å². The van der Waals surface area contributed by atoms with Gasteiger partial charge in [-0.05, 0) is 233 Å². The average molecular weight is 1520 g/mol. The third kappa shape index (κ3) is 18.8. The SMILES string of the molecule is CCCCCCc1cc(-c2ccc(-c3sc(-c4ccc(-c5sc(-c6ccc(-c7sc(-c8ccc(-c9sc(-c%10ccc(-c%11sc(-c%12ccc(C)s%12)cc%11CCCCCC)s%10)cc9CCCCCC)s8)cc7CCCCCC)s6)cc5CCCCCC)s4)cc3CCCCCC)s2)sc1C. The zero-order chi connectivity index (χ0) is 67.7. The number of unbranched alkanes of at least 4 members (excludes halogenated alkanes) is 18. The second-order valence-corrected chi connectivity index (χ2v) is 40.3. The number of hydrogen-bond acceptors (Lipinski definition) is 12. The van der Waals surface area contributed by atoms with Gasteiger partial charge in [0.25, 0.3) is 0 Å². The smallest absolute Gasteiger partial charge is 0.0481 e. The van der Waals surface area contributed by atoms with E-state index in [0.29, 0.717) is 0 Å². The summed E-state index contributed by atoms with van der Waals surface area (Å²) in [4.78, 5) is 34.6. The molecule has 0 spiro atoms. The Morgan fingerprint density at radius 1 is 0.184 bits per heavy atom. The van der Waals surface area contributed by atoms with E-state index < -0.39 is 0 Å². The molecule has 0 N–H and O–H groups in total. The molecule has 12 heterocycles. The van der Waals surface area contributed by atoms with Gasteiger partial charge in [-0.15, -0.1) is 136 Å². The lowest BCUT2D eigenvalue weighted by Crippen LogP contribution is -1.85. The van der Waals surface area contributed by atoms with E-state index in [9.17, 15) is 0 Å². The van der Waals surface area contributed by atoms with Gasteiger partial charge in [0, 0.05) is 117 Å². The number of thiophene rings is 12. The average Bonchev–Trinajstić information content (AvgIpc) is 1.64. The van der Waals surface area contributed by atoms with E-state index in [-0.39, 0.29) is 0 Å². The molecule has 0 saturated carbocycles. The maximum atomic E-state index is 2.60. The van der Waals surface area contributed by atoms with Crippen molar-refractivity contribution in [3.05, 3.63) is 152 Å². The number of aryl methyl sites for hydroxylation is 8. The van der Waals surface area contributed by atoms with E-state index in [4.69, 9.17) is 0 Å². The van der Waals surface area contributed by atoms with Crippen LogP contribution in [0.2, 0.25) is 0 Å². The molecule has 0 fully saturated rings. The Hall–Kier alpha value is -3.60. The summed E-state index contributed by atoms with van der Waals surface area (Å²) in [6, 6.07) is 44.5. The maximum absolute atomic E-state index is 2.60. The third-order valence-corrected chi connectivity index (χ3v) is 34.7. The quantitative estimate of drug-likeness (QED) is 0.0335. The van der Waals surface area contributed by atoms with Crippen molar-refractivity contribution in [2.24, 2.45) is 0 Å². The Bertz CT molecular complexity index is 4380. The van der Waals surface area contributed by atoms with E-state index in [2.05, 4.69) is 187 Å². The lowest BCUT2D eigenvalue weighted by Gasteiger charge is -2.02. The molecule has 12 aromatic rings. The summed E-state index contributed by atoms with van der Waals surface area (Å²) in [6.45, 7) is 18.6. The molecule has 12 heteroatoms. The molecular formula is C86H102S12. The fourth-order valence-electron chi connectivity index (χ4n) is 13.6. The van der Waals surface area contributed by atoms with Crippen molar-refractivity contribution in [3.8, 4) is 107 Å². The highest BCUT2D eigenvalue weighted by molar-refractivity contribution is 7.33. The first-order valence-electron chi connectivity index (χ1n) is 37.4. The van der Waals surface area contributed by atoms with Gasteiger partial charge in [0.2, 0.25) is 0 Å². The standard InChI is InChI=1S/C86H102S12/c1-9-15-21-27-33-59-51-76(88-58(59)8)66-41-46-71(89-66)83-61(35-29-23-17-11-3)53-78(95-83)68-43-48-73(91-68)85-63(37-31-25-19-13-5)55-80(97-85)70-45-50-75(93-70)86-64(38-32-26-20-14-6)56-81(98-86)69-44-49-74(92-69)84-62(36-30-24-18-12-4)54-79(96-84)67-42-47-72(90-67)82-60(34-28-22-16-10-2)52-77(94-82)65-40-39-57(7)87-65/h39-56H,9-38H2,1-8H3. The highest BCUT2D eigenvalue weighted by atomic mass is 32.1. The Kier molecular flexibility index (Phi) is 28.1. The second kappa shape index (κ2) is 37.2. The molecule has 0 nitrogen and oxygen atoms in total. The van der Waals surface area contributed by atoms with Gasteiger partial charge in [-0.3, -0.25) is 0 Å². The fourth-order valence-corrected chi connectivity index (χ4v) is 27.8. The van der Waals surface area contributed by atoms with E-state index in [0.717, 1.165) is 32.1 Å². The lowest BCUT2D eigenvalue weighted by molar-refractivity contribution is 0.666. The zero-order valence-electron chi connectivity index (χ0n) is 59.5. The van der Waals surface area contributed by atoms with Crippen molar-refractivity contribution in [2.45, 2.75) is 248 Å². The van der Waals surface area contributed by atoms with Crippen molar-refractivity contribution in [1.29, 1.82) is 0 Å². The monoisotopic (exact) mass is 1520 g/mol. The molecule has 0 aromatic carbocycles. The molecule has 0 unspecified atom stereocenters. The van der Waals surface area contributed by atoms with Gasteiger partial charge in [0.15, 0.2) is 0 Å². The molecular weight excluding hydrogens is 1420 g/mol. The highest BCUT2D eigenvalue weighted by Gasteiger charge is 2.24. The van der Waals surface area contributed by atoms with Crippen LogP contribution in [0.3, 0.4) is 0 Å². The molecule has 0 atom stereocenters. The van der Waals surface area contributed by atoms with Crippen molar-refractivity contribution >= 4 is 136 Å². The van der Waals surface area contributed by atoms with Crippen LogP contribution in [0.25, 0.3) is 107 Å². The third-order valence-electron chi connectivity index (χ3n) is 19.2. The van der Waals surface area contributed by atoms with Crippen LogP contribution in [0.15, 0.2) is 109 Å². The zero-order valence-corrected chi connectivity index (χ0v) is 69.3. The predicted molar refractivity (Wildman–Crippen MR) is 457 cm³/mol. The molecule has 0 aliphatic carbocycles. The number of hydrogen-bond donors (Lipinski definition) is 0. The molecule has 518 valence electrons. The van der Waals surface area contributed by atoms with Crippen LogP contribution in [0.4, 0.5) is 0 Å². The van der Waals surface area contributed by atoms with Gasteiger partial charge in [-0.2, -0.15) is 0 Å². The first-order chi connectivity index (χ1) is 48.1. The fraction of sp³-hybridized carbons (Fsp3) is 0.442. The van der Waals surface area contributed by atoms with Crippen molar-refractivity contribution in [2.75, 3.05) is 0 Å². The minimum Gasteiger partial charge on any atom is -0.140 e. The largest absolute Gasteiger partial charge is 0.140 e.